The molecule has 0 atom stereocenters. The normalized spacial score (nSPS) is 11.2. The smallest absolute Gasteiger partial charge is 0.258 e. The molecule has 1 aromatic carbocycles. The van der Waals surface area contributed by atoms with Crippen LogP contribution >= 0.6 is 0 Å². The highest BCUT2D eigenvalue weighted by Crippen LogP contribution is 2.19. The Hall–Kier alpha value is -1.62. The van der Waals surface area contributed by atoms with Crippen molar-refractivity contribution in [3.63, 3.8) is 0 Å². The fourth-order valence-electron chi connectivity index (χ4n) is 1.46. The van der Waals surface area contributed by atoms with Gasteiger partial charge in [-0.15, -0.1) is 0 Å². The van der Waals surface area contributed by atoms with E-state index in [2.05, 4.69) is 5.32 Å². The van der Waals surface area contributed by atoms with E-state index in [1.165, 1.54) is 18.2 Å². The van der Waals surface area contributed by atoms with Crippen LogP contribution in [0.5, 0.6) is 5.75 Å². The Morgan fingerprint density at radius 3 is 2.74 bits per heavy atom. The van der Waals surface area contributed by atoms with Crippen LogP contribution in [-0.4, -0.2) is 23.2 Å². The third kappa shape index (κ3) is 4.87. The molecule has 106 valence electrons. The van der Waals surface area contributed by atoms with Gasteiger partial charge in [0, 0.05) is 11.1 Å². The van der Waals surface area contributed by atoms with Crippen molar-refractivity contribution in [2.24, 2.45) is 0 Å². The molecule has 0 unspecified atom stereocenters. The van der Waals surface area contributed by atoms with Gasteiger partial charge in [0.2, 0.25) is 0 Å². The molecule has 5 heteroatoms. The molecule has 2 N–H and O–H groups in total. The Bertz CT molecular complexity index is 446. The topological polar surface area (TPSA) is 58.6 Å². The molecule has 0 fully saturated rings. The summed E-state index contributed by atoms with van der Waals surface area (Å²) >= 11 is 0. The highest BCUT2D eigenvalue weighted by molar-refractivity contribution is 5.78. The van der Waals surface area contributed by atoms with E-state index in [0.717, 1.165) is 6.42 Å². The monoisotopic (exact) mass is 269 g/mol. The summed E-state index contributed by atoms with van der Waals surface area (Å²) in [6, 6.07) is 3.81. The molecule has 0 aliphatic rings. The minimum absolute atomic E-state index is 0.165. The summed E-state index contributed by atoms with van der Waals surface area (Å²) in [5, 5.41) is 11.9. The molecule has 1 aromatic rings. The van der Waals surface area contributed by atoms with E-state index in [-0.39, 0.29) is 24.7 Å². The SMILES string of the molecule is CCC(C)(C)NC(=O)COc1ccc(F)cc1CO. The molecular weight excluding hydrogens is 249 g/mol. The second-order valence-corrected chi connectivity index (χ2v) is 4.98. The van der Waals surface area contributed by atoms with Gasteiger partial charge in [-0.1, -0.05) is 6.92 Å². The van der Waals surface area contributed by atoms with Crippen LogP contribution in [0.15, 0.2) is 18.2 Å². The van der Waals surface area contributed by atoms with Crippen LogP contribution in [0.2, 0.25) is 0 Å². The van der Waals surface area contributed by atoms with Gasteiger partial charge in [0.1, 0.15) is 11.6 Å². The van der Waals surface area contributed by atoms with Gasteiger partial charge in [0.25, 0.3) is 5.91 Å². The molecule has 1 rings (SSSR count). The Kier molecular flexibility index (Phi) is 5.30. The molecule has 19 heavy (non-hydrogen) atoms. The zero-order chi connectivity index (χ0) is 14.5. The number of carbonyl (C=O) groups excluding carboxylic acids is 1. The van der Waals surface area contributed by atoms with E-state index in [0.29, 0.717) is 11.3 Å². The standard InChI is InChI=1S/C14H20FNO3/c1-4-14(2,3)16-13(18)9-19-12-6-5-11(15)7-10(12)8-17/h5-7,17H,4,8-9H2,1-3H3,(H,16,18). The molecule has 0 aliphatic carbocycles. The van der Waals surface area contributed by atoms with Gasteiger partial charge in [0.15, 0.2) is 6.61 Å². The maximum absolute atomic E-state index is 13.0. The zero-order valence-corrected chi connectivity index (χ0v) is 11.5. The number of amides is 1. The number of hydrogen-bond acceptors (Lipinski definition) is 3. The molecule has 1 amide bonds. The summed E-state index contributed by atoms with van der Waals surface area (Å²) in [6.45, 7) is 5.31. The van der Waals surface area contributed by atoms with E-state index < -0.39 is 5.82 Å². The Morgan fingerprint density at radius 2 is 2.16 bits per heavy atom. The highest BCUT2D eigenvalue weighted by Gasteiger charge is 2.18. The third-order valence-electron chi connectivity index (χ3n) is 2.91. The number of halogens is 1. The van der Waals surface area contributed by atoms with Crippen molar-refractivity contribution in [3.05, 3.63) is 29.6 Å². The number of aliphatic hydroxyl groups excluding tert-OH is 1. The number of aliphatic hydroxyl groups is 1. The van der Waals surface area contributed by atoms with E-state index in [9.17, 15) is 9.18 Å². The minimum atomic E-state index is -0.451. The molecule has 0 spiro atoms. The van der Waals surface area contributed by atoms with Gasteiger partial charge >= 0.3 is 0 Å². The summed E-state index contributed by atoms with van der Waals surface area (Å²) in [4.78, 5) is 11.7. The first-order valence-corrected chi connectivity index (χ1v) is 6.21. The second kappa shape index (κ2) is 6.52. The molecule has 0 radical (unpaired) electrons. The van der Waals surface area contributed by atoms with Gasteiger partial charge < -0.3 is 15.2 Å². The maximum Gasteiger partial charge on any atom is 0.258 e. The maximum atomic E-state index is 13.0. The molecule has 0 aromatic heterocycles. The lowest BCUT2D eigenvalue weighted by Crippen LogP contribution is -2.44. The summed E-state index contributed by atoms with van der Waals surface area (Å²) in [6.07, 6.45) is 0.803. The number of nitrogens with one attached hydrogen (secondary N) is 1. The number of rotatable bonds is 6. The van der Waals surface area contributed by atoms with Crippen molar-refractivity contribution >= 4 is 5.91 Å². The van der Waals surface area contributed by atoms with Crippen molar-refractivity contribution in [2.75, 3.05) is 6.61 Å². The van der Waals surface area contributed by atoms with E-state index in [4.69, 9.17) is 9.84 Å². The van der Waals surface area contributed by atoms with Crippen LogP contribution in [0.4, 0.5) is 4.39 Å². The van der Waals surface area contributed by atoms with Crippen LogP contribution in [0, 0.1) is 5.82 Å². The quantitative estimate of drug-likeness (QED) is 0.830. The van der Waals surface area contributed by atoms with Crippen molar-refractivity contribution < 1.29 is 19.0 Å². The van der Waals surface area contributed by atoms with Crippen molar-refractivity contribution in [1.82, 2.24) is 5.32 Å². The predicted molar refractivity (Wildman–Crippen MR) is 70.3 cm³/mol. The average Bonchev–Trinajstić information content (AvgIpc) is 2.36. The van der Waals surface area contributed by atoms with E-state index in [1.54, 1.807) is 0 Å². The first-order chi connectivity index (χ1) is 8.88. The molecular formula is C14H20FNO3. The molecule has 0 saturated heterocycles. The van der Waals surface area contributed by atoms with Crippen molar-refractivity contribution in [3.8, 4) is 5.75 Å². The van der Waals surface area contributed by atoms with E-state index >= 15 is 0 Å². The second-order valence-electron chi connectivity index (χ2n) is 4.98. The van der Waals surface area contributed by atoms with Gasteiger partial charge in [-0.05, 0) is 38.5 Å². The fraction of sp³-hybridized carbons (Fsp3) is 0.500. The number of ether oxygens (including phenoxy) is 1. The molecule has 0 heterocycles. The van der Waals surface area contributed by atoms with Crippen LogP contribution in [0.3, 0.4) is 0 Å². The van der Waals surface area contributed by atoms with Crippen LogP contribution < -0.4 is 10.1 Å². The van der Waals surface area contributed by atoms with Crippen molar-refractivity contribution in [2.45, 2.75) is 39.3 Å². The Morgan fingerprint density at radius 1 is 1.47 bits per heavy atom. The Balaban J connectivity index is 2.60. The lowest BCUT2D eigenvalue weighted by atomic mass is 10.0. The molecule has 0 aliphatic heterocycles. The predicted octanol–water partition coefficient (Wildman–Crippen LogP) is 2.00. The zero-order valence-electron chi connectivity index (χ0n) is 11.5. The van der Waals surface area contributed by atoms with E-state index in [1.807, 2.05) is 20.8 Å². The summed E-state index contributed by atoms with van der Waals surface area (Å²) < 4.78 is 18.3. The van der Waals surface area contributed by atoms with Gasteiger partial charge in [-0.3, -0.25) is 4.79 Å². The van der Waals surface area contributed by atoms with Crippen molar-refractivity contribution in [1.29, 1.82) is 0 Å². The van der Waals surface area contributed by atoms with Gasteiger partial charge in [-0.2, -0.15) is 0 Å². The number of benzene rings is 1. The number of carbonyl (C=O) groups is 1. The number of hydrogen-bond donors (Lipinski definition) is 2. The van der Waals surface area contributed by atoms with Crippen LogP contribution in [0.1, 0.15) is 32.8 Å². The highest BCUT2D eigenvalue weighted by atomic mass is 19.1. The molecule has 0 saturated carbocycles. The van der Waals surface area contributed by atoms with Gasteiger partial charge in [-0.25, -0.2) is 4.39 Å². The lowest BCUT2D eigenvalue weighted by molar-refractivity contribution is -0.124. The summed E-state index contributed by atoms with van der Waals surface area (Å²) in [5.41, 5.74) is 0.0332. The van der Waals surface area contributed by atoms with Gasteiger partial charge in [0.05, 0.1) is 6.61 Å². The average molecular weight is 269 g/mol. The van der Waals surface area contributed by atoms with Crippen LogP contribution in [0.25, 0.3) is 0 Å². The fourth-order valence-corrected chi connectivity index (χ4v) is 1.46. The third-order valence-corrected chi connectivity index (χ3v) is 2.91. The Labute approximate surface area is 112 Å². The lowest BCUT2D eigenvalue weighted by Gasteiger charge is -2.24. The first kappa shape index (κ1) is 15.4. The first-order valence-electron chi connectivity index (χ1n) is 6.21. The van der Waals surface area contributed by atoms with Crippen LogP contribution in [-0.2, 0) is 11.4 Å². The molecule has 4 nitrogen and oxygen atoms in total. The largest absolute Gasteiger partial charge is 0.483 e. The summed E-state index contributed by atoms with van der Waals surface area (Å²) in [5.74, 6) is -0.388. The molecule has 0 bridgehead atoms. The summed E-state index contributed by atoms with van der Waals surface area (Å²) in [7, 11) is 0. The minimum Gasteiger partial charge on any atom is -0.483 e.